The highest BCUT2D eigenvalue weighted by molar-refractivity contribution is 7.89. The van der Waals surface area contributed by atoms with E-state index in [1.807, 2.05) is 0 Å². The lowest BCUT2D eigenvalue weighted by Gasteiger charge is -2.08. The van der Waals surface area contributed by atoms with Gasteiger partial charge < -0.3 is 10.1 Å². The monoisotopic (exact) mass is 401 g/mol. The summed E-state index contributed by atoms with van der Waals surface area (Å²) in [6.07, 6.45) is 1.48. The average molecular weight is 401 g/mol. The topological polar surface area (TPSA) is 150 Å². The number of rotatable bonds is 6. The molecule has 0 aliphatic heterocycles. The molecule has 0 spiro atoms. The molecule has 0 saturated carbocycles. The van der Waals surface area contributed by atoms with Gasteiger partial charge in [0.15, 0.2) is 5.75 Å². The average Bonchev–Trinajstić information content (AvgIpc) is 2.67. The Morgan fingerprint density at radius 3 is 2.64 bits per heavy atom. The maximum absolute atomic E-state index is 11.5. The van der Waals surface area contributed by atoms with Crippen LogP contribution in [0.4, 0.5) is 17.3 Å². The number of nitro benzene ring substituents is 1. The molecule has 0 radical (unpaired) electrons. The summed E-state index contributed by atoms with van der Waals surface area (Å²) in [5.41, 5.74) is 1.17. The molecule has 0 aliphatic carbocycles. The van der Waals surface area contributed by atoms with Crippen molar-refractivity contribution in [2.45, 2.75) is 4.90 Å². The van der Waals surface area contributed by atoms with Crippen LogP contribution < -0.4 is 15.2 Å². The fourth-order valence-corrected chi connectivity index (χ4v) is 3.01. The molecule has 3 rings (SSSR count). The van der Waals surface area contributed by atoms with Crippen molar-refractivity contribution in [3.05, 3.63) is 64.8 Å². The fourth-order valence-electron chi connectivity index (χ4n) is 2.45. The first-order valence-corrected chi connectivity index (χ1v) is 9.38. The van der Waals surface area contributed by atoms with E-state index in [4.69, 9.17) is 9.88 Å². The van der Waals surface area contributed by atoms with Gasteiger partial charge in [0.2, 0.25) is 16.0 Å². The van der Waals surface area contributed by atoms with Crippen LogP contribution in [-0.2, 0) is 10.0 Å². The molecule has 0 aliphatic rings. The van der Waals surface area contributed by atoms with E-state index >= 15 is 0 Å². The van der Waals surface area contributed by atoms with Crippen LogP contribution in [0.15, 0.2) is 59.6 Å². The van der Waals surface area contributed by atoms with Crippen molar-refractivity contribution in [3.63, 3.8) is 0 Å². The summed E-state index contributed by atoms with van der Waals surface area (Å²) in [6, 6.07) is 11.9. The first-order valence-electron chi connectivity index (χ1n) is 7.83. The lowest BCUT2D eigenvalue weighted by Crippen LogP contribution is -2.12. The lowest BCUT2D eigenvalue weighted by atomic mass is 10.1. The largest absolute Gasteiger partial charge is 0.490 e. The van der Waals surface area contributed by atoms with Crippen LogP contribution in [0.2, 0.25) is 0 Å². The van der Waals surface area contributed by atoms with E-state index in [1.165, 1.54) is 43.6 Å². The number of hydrogen-bond acceptors (Lipinski definition) is 8. The molecule has 3 N–H and O–H groups in total. The van der Waals surface area contributed by atoms with Crippen molar-refractivity contribution in [1.29, 1.82) is 0 Å². The van der Waals surface area contributed by atoms with E-state index in [1.54, 1.807) is 18.2 Å². The number of methoxy groups -OCH3 is 1. The van der Waals surface area contributed by atoms with Crippen LogP contribution in [0.3, 0.4) is 0 Å². The standard InChI is InChI=1S/C17H15N5O5S/c1-27-16-6-5-11(9-15(16)22(23)24)14-7-8-19-17(21-14)20-12-3-2-4-13(10-12)28(18,25)26/h2-10H,1H3,(H2,18,25,26)(H,19,20,21). The Labute approximate surface area is 160 Å². The third-order valence-corrected chi connectivity index (χ3v) is 4.66. The molecule has 10 nitrogen and oxygen atoms in total. The van der Waals surface area contributed by atoms with E-state index in [9.17, 15) is 18.5 Å². The zero-order valence-electron chi connectivity index (χ0n) is 14.6. The summed E-state index contributed by atoms with van der Waals surface area (Å²) in [4.78, 5) is 19.0. The molecule has 0 unspecified atom stereocenters. The molecule has 0 saturated heterocycles. The van der Waals surface area contributed by atoms with Gasteiger partial charge in [0.25, 0.3) is 0 Å². The number of hydrogen-bond donors (Lipinski definition) is 2. The van der Waals surface area contributed by atoms with E-state index < -0.39 is 14.9 Å². The van der Waals surface area contributed by atoms with Gasteiger partial charge in [0.05, 0.1) is 22.6 Å². The zero-order chi connectivity index (χ0) is 20.3. The number of aromatic nitrogens is 2. The Morgan fingerprint density at radius 2 is 1.96 bits per heavy atom. The predicted octanol–water partition coefficient (Wildman–Crippen LogP) is 2.45. The number of nitrogens with zero attached hydrogens (tertiary/aromatic N) is 3. The number of benzene rings is 2. The maximum atomic E-state index is 11.5. The third-order valence-electron chi connectivity index (χ3n) is 3.75. The summed E-state index contributed by atoms with van der Waals surface area (Å²) >= 11 is 0. The van der Waals surface area contributed by atoms with Crippen molar-refractivity contribution in [1.82, 2.24) is 9.97 Å². The number of nitrogens with two attached hydrogens (primary N) is 1. The molecule has 0 bridgehead atoms. The van der Waals surface area contributed by atoms with Gasteiger partial charge in [-0.3, -0.25) is 10.1 Å². The van der Waals surface area contributed by atoms with Gasteiger partial charge in [0.1, 0.15) is 0 Å². The SMILES string of the molecule is COc1ccc(-c2ccnc(Nc3cccc(S(N)(=O)=O)c3)n2)cc1[N+](=O)[O-]. The number of primary sulfonamides is 1. The van der Waals surface area contributed by atoms with Crippen LogP contribution in [0.1, 0.15) is 0 Å². The van der Waals surface area contributed by atoms with Gasteiger partial charge in [-0.15, -0.1) is 0 Å². The molecule has 0 fully saturated rings. The van der Waals surface area contributed by atoms with Crippen LogP contribution >= 0.6 is 0 Å². The van der Waals surface area contributed by atoms with E-state index in [0.717, 1.165) is 0 Å². The van der Waals surface area contributed by atoms with E-state index in [2.05, 4.69) is 15.3 Å². The highest BCUT2D eigenvalue weighted by atomic mass is 32.2. The van der Waals surface area contributed by atoms with Crippen molar-refractivity contribution in [2.24, 2.45) is 5.14 Å². The smallest absolute Gasteiger partial charge is 0.311 e. The first kappa shape index (κ1) is 19.2. The zero-order valence-corrected chi connectivity index (χ0v) is 15.4. The fraction of sp³-hybridized carbons (Fsp3) is 0.0588. The van der Waals surface area contributed by atoms with Gasteiger partial charge >= 0.3 is 5.69 Å². The minimum absolute atomic E-state index is 0.0561. The number of ether oxygens (including phenoxy) is 1. The van der Waals surface area contributed by atoms with E-state index in [0.29, 0.717) is 16.9 Å². The lowest BCUT2D eigenvalue weighted by molar-refractivity contribution is -0.385. The summed E-state index contributed by atoms with van der Waals surface area (Å²) in [5.74, 6) is 0.323. The van der Waals surface area contributed by atoms with Crippen LogP contribution in [0.5, 0.6) is 5.75 Å². The molecule has 1 aromatic heterocycles. The van der Waals surface area contributed by atoms with Gasteiger partial charge in [-0.1, -0.05) is 6.07 Å². The summed E-state index contributed by atoms with van der Waals surface area (Å²) in [7, 11) is -2.49. The van der Waals surface area contributed by atoms with Crippen molar-refractivity contribution in [2.75, 3.05) is 12.4 Å². The van der Waals surface area contributed by atoms with E-state index in [-0.39, 0.29) is 22.3 Å². The van der Waals surface area contributed by atoms with Gasteiger partial charge in [-0.25, -0.2) is 23.5 Å². The Hall–Kier alpha value is -3.57. The maximum Gasteiger partial charge on any atom is 0.311 e. The number of nitrogens with one attached hydrogen (secondary N) is 1. The normalized spacial score (nSPS) is 11.1. The molecule has 3 aromatic rings. The minimum atomic E-state index is -3.84. The minimum Gasteiger partial charge on any atom is -0.490 e. The summed E-state index contributed by atoms with van der Waals surface area (Å²) in [5, 5.41) is 19.2. The molecule has 28 heavy (non-hydrogen) atoms. The molecule has 144 valence electrons. The predicted molar refractivity (Wildman–Crippen MR) is 102 cm³/mol. The van der Waals surface area contributed by atoms with Gasteiger partial charge in [0, 0.05) is 23.5 Å². The Balaban J connectivity index is 1.94. The number of nitro groups is 1. The molecule has 11 heteroatoms. The van der Waals surface area contributed by atoms with Gasteiger partial charge in [-0.2, -0.15) is 0 Å². The molecule has 2 aromatic carbocycles. The van der Waals surface area contributed by atoms with Gasteiger partial charge in [-0.05, 0) is 36.4 Å². The number of sulfonamides is 1. The summed E-state index contributed by atoms with van der Waals surface area (Å²) < 4.78 is 27.9. The second-order valence-electron chi connectivity index (χ2n) is 5.61. The van der Waals surface area contributed by atoms with Crippen LogP contribution in [0, 0.1) is 10.1 Å². The Bertz CT molecular complexity index is 1150. The Kier molecular flexibility index (Phi) is 5.20. The molecular weight excluding hydrogens is 386 g/mol. The molecule has 1 heterocycles. The second kappa shape index (κ2) is 7.58. The highest BCUT2D eigenvalue weighted by Crippen LogP contribution is 2.31. The van der Waals surface area contributed by atoms with Crippen LogP contribution in [0.25, 0.3) is 11.3 Å². The molecule has 0 amide bonds. The number of anilines is 2. The molecule has 0 atom stereocenters. The highest BCUT2D eigenvalue weighted by Gasteiger charge is 2.16. The molecular formula is C17H15N5O5S. The summed E-state index contributed by atoms with van der Waals surface area (Å²) in [6.45, 7) is 0. The first-order chi connectivity index (χ1) is 13.3. The Morgan fingerprint density at radius 1 is 1.18 bits per heavy atom. The van der Waals surface area contributed by atoms with Crippen LogP contribution in [-0.4, -0.2) is 30.4 Å². The van der Waals surface area contributed by atoms with Crippen molar-refractivity contribution < 1.29 is 18.1 Å². The van der Waals surface area contributed by atoms with Crippen molar-refractivity contribution >= 4 is 27.3 Å². The van der Waals surface area contributed by atoms with Crippen molar-refractivity contribution in [3.8, 4) is 17.0 Å². The third kappa shape index (κ3) is 4.22. The quantitative estimate of drug-likeness (QED) is 0.472. The second-order valence-corrected chi connectivity index (χ2v) is 7.17.